The summed E-state index contributed by atoms with van der Waals surface area (Å²) in [5.74, 6) is -2.18. The van der Waals surface area contributed by atoms with Gasteiger partial charge in [-0.15, -0.1) is 0 Å². The van der Waals surface area contributed by atoms with E-state index in [-0.39, 0.29) is 37.7 Å². The molecule has 1 fully saturated rings. The van der Waals surface area contributed by atoms with Gasteiger partial charge < -0.3 is 9.84 Å². The molecule has 1 aliphatic heterocycles. The van der Waals surface area contributed by atoms with E-state index in [1.54, 1.807) is 27.7 Å². The Hall–Kier alpha value is -2.99. The van der Waals surface area contributed by atoms with E-state index >= 15 is 0 Å². The monoisotopic (exact) mass is 503 g/mol. The average molecular weight is 504 g/mol. The second-order valence-corrected chi connectivity index (χ2v) is 9.03. The van der Waals surface area contributed by atoms with E-state index in [2.05, 4.69) is 10.2 Å². The van der Waals surface area contributed by atoms with Gasteiger partial charge in [0.1, 0.15) is 11.9 Å². The van der Waals surface area contributed by atoms with Crippen molar-refractivity contribution in [1.29, 1.82) is 0 Å². The molecule has 0 bridgehead atoms. The first-order valence-electron chi connectivity index (χ1n) is 11.8. The number of aryl methyl sites for hydroxylation is 1. The number of methoxy groups -OCH3 is 1. The van der Waals surface area contributed by atoms with Gasteiger partial charge in [-0.2, -0.15) is 15.3 Å². The van der Waals surface area contributed by atoms with Gasteiger partial charge in [0.2, 0.25) is 0 Å². The number of aliphatic hydroxyl groups is 1. The fourth-order valence-electron chi connectivity index (χ4n) is 4.64. The van der Waals surface area contributed by atoms with Gasteiger partial charge in [-0.25, -0.2) is 8.78 Å². The van der Waals surface area contributed by atoms with Crippen LogP contribution in [0.2, 0.25) is 0 Å². The zero-order chi connectivity index (χ0) is 25.8. The molecule has 0 unspecified atom stereocenters. The van der Waals surface area contributed by atoms with Gasteiger partial charge in [-0.1, -0.05) is 6.07 Å². The van der Waals surface area contributed by atoms with Crippen molar-refractivity contribution < 1.29 is 28.3 Å². The van der Waals surface area contributed by atoms with Crippen LogP contribution < -0.4 is 0 Å². The summed E-state index contributed by atoms with van der Waals surface area (Å²) >= 11 is 0. The summed E-state index contributed by atoms with van der Waals surface area (Å²) in [5.41, 5.74) is 3.61. The second kappa shape index (κ2) is 11.4. The first-order valence-corrected chi connectivity index (χ1v) is 11.8. The number of ether oxygens (including phenoxy) is 1. The molecule has 2 atom stereocenters. The fraction of sp³-hybridized carbons (Fsp3) is 0.480. The van der Waals surface area contributed by atoms with Gasteiger partial charge in [0, 0.05) is 63.5 Å². The first-order chi connectivity index (χ1) is 17.3. The molecule has 0 aliphatic carbocycles. The van der Waals surface area contributed by atoms with Crippen LogP contribution in [0.5, 0.6) is 0 Å². The van der Waals surface area contributed by atoms with E-state index in [0.717, 1.165) is 29.0 Å². The molecule has 0 spiro atoms. The molecule has 1 N–H and O–H groups in total. The van der Waals surface area contributed by atoms with E-state index in [4.69, 9.17) is 9.57 Å². The quantitative estimate of drug-likeness (QED) is 0.430. The summed E-state index contributed by atoms with van der Waals surface area (Å²) in [4.78, 5) is 19.3. The summed E-state index contributed by atoms with van der Waals surface area (Å²) in [7, 11) is 3.40. The SMILES string of the molecule is COCCN1C[C@@H](CC(=O)Cc2c(C)c(-c3cnn(C)c3)nn2CCO)[C@H](c2ccc(F)c(F)c2)O1. The third kappa shape index (κ3) is 5.70. The van der Waals surface area contributed by atoms with E-state index in [9.17, 15) is 18.7 Å². The number of aliphatic hydroxyl groups excluding tert-OH is 1. The highest BCUT2D eigenvalue weighted by Gasteiger charge is 2.37. The molecule has 1 aliphatic rings. The second-order valence-electron chi connectivity index (χ2n) is 9.03. The summed E-state index contributed by atoms with van der Waals surface area (Å²) in [6.07, 6.45) is 3.27. The zero-order valence-corrected chi connectivity index (χ0v) is 20.7. The number of hydroxylamine groups is 2. The largest absolute Gasteiger partial charge is 0.394 e. The lowest BCUT2D eigenvalue weighted by Gasteiger charge is -2.18. The van der Waals surface area contributed by atoms with Crippen LogP contribution in [0.25, 0.3) is 11.3 Å². The third-order valence-corrected chi connectivity index (χ3v) is 6.41. The molecule has 36 heavy (non-hydrogen) atoms. The maximum atomic E-state index is 13.9. The average Bonchev–Trinajstić information content (AvgIpc) is 3.53. The fourth-order valence-corrected chi connectivity index (χ4v) is 4.64. The summed E-state index contributed by atoms with van der Waals surface area (Å²) in [6, 6.07) is 3.68. The standard InChI is InChI=1S/C25H31F2N5O4/c1-16-23(32(6-8-33)29-24(16)19-13-28-30(2)14-19)12-20(34)10-18-15-31(7-9-35-3)36-25(18)17-4-5-21(26)22(27)11-17/h4-5,11,13-14,18,25,33H,6-10,12,15H2,1-3H3/t18-,25+/m1/s1. The molecule has 3 heterocycles. The van der Waals surface area contributed by atoms with Gasteiger partial charge in [0.15, 0.2) is 11.6 Å². The summed E-state index contributed by atoms with van der Waals surface area (Å²) in [6.45, 7) is 3.42. The predicted octanol–water partition coefficient (Wildman–Crippen LogP) is 2.62. The van der Waals surface area contributed by atoms with Crippen LogP contribution in [0.3, 0.4) is 0 Å². The van der Waals surface area contributed by atoms with Crippen molar-refractivity contribution in [3.05, 3.63) is 59.0 Å². The Bertz CT molecular complexity index is 1210. The van der Waals surface area contributed by atoms with Crippen LogP contribution >= 0.6 is 0 Å². The summed E-state index contributed by atoms with van der Waals surface area (Å²) < 4.78 is 35.9. The topological polar surface area (TPSA) is 94.6 Å². The van der Waals surface area contributed by atoms with Gasteiger partial charge in [-0.05, 0) is 30.2 Å². The molecule has 4 rings (SSSR count). The number of carbonyl (C=O) groups is 1. The minimum atomic E-state index is -0.956. The lowest BCUT2D eigenvalue weighted by molar-refractivity contribution is -0.155. The highest BCUT2D eigenvalue weighted by Crippen LogP contribution is 2.37. The Labute approximate surface area is 208 Å². The number of hydrogen-bond donors (Lipinski definition) is 1. The lowest BCUT2D eigenvalue weighted by Crippen LogP contribution is -2.24. The summed E-state index contributed by atoms with van der Waals surface area (Å²) in [5, 5.41) is 20.1. The highest BCUT2D eigenvalue weighted by molar-refractivity contribution is 5.82. The van der Waals surface area contributed by atoms with Crippen molar-refractivity contribution >= 4 is 5.78 Å². The van der Waals surface area contributed by atoms with Crippen molar-refractivity contribution in [1.82, 2.24) is 24.6 Å². The van der Waals surface area contributed by atoms with Crippen molar-refractivity contribution in [2.45, 2.75) is 32.4 Å². The molecule has 1 aromatic carbocycles. The molecule has 194 valence electrons. The normalized spacial score (nSPS) is 18.3. The molecular formula is C25H31F2N5O4. The highest BCUT2D eigenvalue weighted by atomic mass is 19.2. The Morgan fingerprint density at radius 2 is 2.08 bits per heavy atom. The van der Waals surface area contributed by atoms with Crippen molar-refractivity contribution in [2.24, 2.45) is 13.0 Å². The number of hydrogen-bond acceptors (Lipinski definition) is 7. The van der Waals surface area contributed by atoms with E-state index in [0.29, 0.717) is 31.0 Å². The van der Waals surface area contributed by atoms with E-state index in [1.165, 1.54) is 6.07 Å². The maximum Gasteiger partial charge on any atom is 0.159 e. The molecule has 11 heteroatoms. The van der Waals surface area contributed by atoms with Crippen molar-refractivity contribution in [3.63, 3.8) is 0 Å². The van der Waals surface area contributed by atoms with Gasteiger partial charge in [0.05, 0.1) is 31.6 Å². The van der Waals surface area contributed by atoms with Crippen LogP contribution in [-0.4, -0.2) is 68.9 Å². The minimum absolute atomic E-state index is 0.0373. The molecule has 9 nitrogen and oxygen atoms in total. The van der Waals surface area contributed by atoms with Crippen molar-refractivity contribution in [2.75, 3.05) is 33.4 Å². The van der Waals surface area contributed by atoms with Gasteiger partial charge >= 0.3 is 0 Å². The van der Waals surface area contributed by atoms with Gasteiger partial charge in [-0.3, -0.25) is 19.0 Å². The Balaban J connectivity index is 1.54. The lowest BCUT2D eigenvalue weighted by atomic mass is 9.90. The zero-order valence-electron chi connectivity index (χ0n) is 20.7. The number of Topliss-reactive ketones (excluding diaryl/α,β-unsaturated/α-hetero) is 1. The number of nitrogens with zero attached hydrogens (tertiary/aromatic N) is 5. The molecule has 0 amide bonds. The Morgan fingerprint density at radius 1 is 1.28 bits per heavy atom. The van der Waals surface area contributed by atoms with E-state index in [1.807, 2.05) is 20.2 Å². The Morgan fingerprint density at radius 3 is 2.75 bits per heavy atom. The van der Waals surface area contributed by atoms with Crippen LogP contribution in [-0.2, 0) is 34.4 Å². The predicted molar refractivity (Wildman–Crippen MR) is 127 cm³/mol. The number of benzene rings is 1. The smallest absolute Gasteiger partial charge is 0.159 e. The van der Waals surface area contributed by atoms with Crippen LogP contribution in [0.1, 0.15) is 29.3 Å². The third-order valence-electron chi connectivity index (χ3n) is 6.41. The molecule has 0 saturated carbocycles. The van der Waals surface area contributed by atoms with Crippen LogP contribution in [0.15, 0.2) is 30.6 Å². The van der Waals surface area contributed by atoms with E-state index < -0.39 is 17.7 Å². The molecule has 0 radical (unpaired) electrons. The number of aromatic nitrogens is 4. The minimum Gasteiger partial charge on any atom is -0.394 e. The Kier molecular flexibility index (Phi) is 8.24. The number of carbonyl (C=O) groups excluding carboxylic acids is 1. The number of rotatable bonds is 11. The molecule has 1 saturated heterocycles. The van der Waals surface area contributed by atoms with Crippen molar-refractivity contribution in [3.8, 4) is 11.3 Å². The molecule has 2 aromatic heterocycles. The number of halogens is 2. The maximum absolute atomic E-state index is 13.9. The molecule has 3 aromatic rings. The first kappa shape index (κ1) is 26.1. The van der Waals surface area contributed by atoms with Gasteiger partial charge in [0.25, 0.3) is 0 Å². The van der Waals surface area contributed by atoms with Crippen LogP contribution in [0.4, 0.5) is 8.78 Å². The number of ketones is 1. The molecular weight excluding hydrogens is 472 g/mol. The van der Waals surface area contributed by atoms with Crippen LogP contribution in [0, 0.1) is 24.5 Å².